The SMILES string of the molecule is O=S(O)OCC(F)(F)F. The van der Waals surface area contributed by atoms with Gasteiger partial charge < -0.3 is 0 Å². The minimum Gasteiger partial charge on any atom is -0.284 e. The Morgan fingerprint density at radius 2 is 2.00 bits per heavy atom. The van der Waals surface area contributed by atoms with Crippen LogP contribution < -0.4 is 0 Å². The molecule has 0 aromatic heterocycles. The molecule has 0 amide bonds. The highest BCUT2D eigenvalue weighted by atomic mass is 32.2. The third-order valence-corrected chi connectivity index (χ3v) is 0.643. The van der Waals surface area contributed by atoms with Crippen molar-refractivity contribution in [1.82, 2.24) is 0 Å². The van der Waals surface area contributed by atoms with Crippen molar-refractivity contribution in [2.24, 2.45) is 0 Å². The van der Waals surface area contributed by atoms with Gasteiger partial charge in [-0.1, -0.05) is 0 Å². The van der Waals surface area contributed by atoms with Crippen molar-refractivity contribution in [3.8, 4) is 0 Å². The van der Waals surface area contributed by atoms with E-state index in [0.717, 1.165) is 0 Å². The van der Waals surface area contributed by atoms with Gasteiger partial charge in [0.25, 0.3) is 0 Å². The first-order valence-electron chi connectivity index (χ1n) is 1.73. The van der Waals surface area contributed by atoms with Crippen LogP contribution in [0, 0.1) is 0 Å². The smallest absolute Gasteiger partial charge is 0.284 e. The molecule has 1 unspecified atom stereocenters. The predicted molar refractivity (Wildman–Crippen MR) is 22.8 cm³/mol. The highest BCUT2D eigenvalue weighted by Gasteiger charge is 2.28. The van der Waals surface area contributed by atoms with Gasteiger partial charge in [-0.05, 0) is 0 Å². The van der Waals surface area contributed by atoms with E-state index in [2.05, 4.69) is 4.18 Å². The van der Waals surface area contributed by atoms with Crippen LogP contribution >= 0.6 is 0 Å². The molecule has 0 spiro atoms. The van der Waals surface area contributed by atoms with Crippen LogP contribution in [0.25, 0.3) is 0 Å². The second kappa shape index (κ2) is 3.14. The largest absolute Gasteiger partial charge is 0.413 e. The fourth-order valence-electron chi connectivity index (χ4n) is 0.117. The summed E-state index contributed by atoms with van der Waals surface area (Å²) in [5, 5.41) is 0. The first-order chi connectivity index (χ1) is 3.92. The van der Waals surface area contributed by atoms with Crippen LogP contribution in [0.1, 0.15) is 0 Å². The highest BCUT2D eigenvalue weighted by Crippen LogP contribution is 2.14. The molecule has 0 aliphatic carbocycles. The van der Waals surface area contributed by atoms with Crippen molar-refractivity contribution in [1.29, 1.82) is 0 Å². The predicted octanol–water partition coefficient (Wildman–Crippen LogP) is 0.702. The molecule has 9 heavy (non-hydrogen) atoms. The molecule has 56 valence electrons. The third-order valence-electron chi connectivity index (χ3n) is 0.323. The van der Waals surface area contributed by atoms with Gasteiger partial charge in [-0.25, -0.2) is 0 Å². The van der Waals surface area contributed by atoms with E-state index in [-0.39, 0.29) is 0 Å². The summed E-state index contributed by atoms with van der Waals surface area (Å²) in [6.45, 7) is -1.70. The van der Waals surface area contributed by atoms with Crippen molar-refractivity contribution in [2.75, 3.05) is 6.61 Å². The van der Waals surface area contributed by atoms with Gasteiger partial charge in [0.1, 0.15) is 0 Å². The molecule has 7 heteroatoms. The Morgan fingerprint density at radius 3 is 2.11 bits per heavy atom. The molecule has 0 aromatic carbocycles. The number of rotatable bonds is 2. The zero-order valence-electron chi connectivity index (χ0n) is 4.01. The summed E-state index contributed by atoms with van der Waals surface area (Å²) in [6.07, 6.45) is -4.54. The van der Waals surface area contributed by atoms with E-state index in [4.69, 9.17) is 4.55 Å². The van der Waals surface area contributed by atoms with E-state index in [9.17, 15) is 17.4 Å². The standard InChI is InChI=1S/C2H3F3O3S/c3-2(4,5)1-8-9(6)7/h1H2,(H,6,7). The van der Waals surface area contributed by atoms with Crippen molar-refractivity contribution >= 4 is 11.4 Å². The summed E-state index contributed by atoms with van der Waals surface area (Å²) in [5.74, 6) is 0. The summed E-state index contributed by atoms with van der Waals surface area (Å²) < 4.78 is 53.5. The van der Waals surface area contributed by atoms with Gasteiger partial charge in [0, 0.05) is 0 Å². The number of hydrogen-bond acceptors (Lipinski definition) is 2. The Morgan fingerprint density at radius 1 is 1.56 bits per heavy atom. The summed E-state index contributed by atoms with van der Waals surface area (Å²) >= 11 is -2.83. The van der Waals surface area contributed by atoms with Crippen LogP contribution in [0.3, 0.4) is 0 Å². The van der Waals surface area contributed by atoms with Crippen LogP contribution in [0.5, 0.6) is 0 Å². The van der Waals surface area contributed by atoms with Gasteiger partial charge in [-0.15, -0.1) is 0 Å². The van der Waals surface area contributed by atoms with Crippen LogP contribution in [-0.4, -0.2) is 21.5 Å². The molecule has 0 rings (SSSR count). The lowest BCUT2D eigenvalue weighted by atomic mass is 10.7. The topological polar surface area (TPSA) is 46.5 Å². The van der Waals surface area contributed by atoms with E-state index in [1.807, 2.05) is 0 Å². The van der Waals surface area contributed by atoms with Crippen LogP contribution in [0.15, 0.2) is 0 Å². The Balaban J connectivity index is 3.39. The van der Waals surface area contributed by atoms with Crippen molar-refractivity contribution in [3.63, 3.8) is 0 Å². The Bertz CT molecular complexity index is 110. The van der Waals surface area contributed by atoms with Gasteiger partial charge in [0.15, 0.2) is 6.61 Å². The highest BCUT2D eigenvalue weighted by molar-refractivity contribution is 7.74. The molecule has 0 radical (unpaired) electrons. The maximum atomic E-state index is 11.0. The monoisotopic (exact) mass is 164 g/mol. The fourth-order valence-corrected chi connectivity index (χ4v) is 0.352. The van der Waals surface area contributed by atoms with E-state index in [1.165, 1.54) is 0 Å². The minimum absolute atomic E-state index is 1.70. The van der Waals surface area contributed by atoms with E-state index in [1.54, 1.807) is 0 Å². The van der Waals surface area contributed by atoms with Crippen molar-refractivity contribution < 1.29 is 26.1 Å². The second-order valence-electron chi connectivity index (χ2n) is 1.09. The molecule has 1 atom stereocenters. The average molecular weight is 164 g/mol. The van der Waals surface area contributed by atoms with Gasteiger partial charge in [-0.2, -0.15) is 17.4 Å². The fraction of sp³-hybridized carbons (Fsp3) is 1.00. The summed E-state index contributed by atoms with van der Waals surface area (Å²) in [5.41, 5.74) is 0. The quantitative estimate of drug-likeness (QED) is 0.611. The minimum atomic E-state index is -4.54. The van der Waals surface area contributed by atoms with E-state index < -0.39 is 24.1 Å². The number of halogens is 3. The lowest BCUT2D eigenvalue weighted by molar-refractivity contribution is -0.152. The van der Waals surface area contributed by atoms with Gasteiger partial charge in [0.05, 0.1) is 0 Å². The lowest BCUT2D eigenvalue weighted by Crippen LogP contribution is -2.17. The molecule has 0 bridgehead atoms. The van der Waals surface area contributed by atoms with Crippen LogP contribution in [0.4, 0.5) is 13.2 Å². The zero-order chi connectivity index (χ0) is 7.49. The molecule has 0 fully saturated rings. The maximum Gasteiger partial charge on any atom is 0.413 e. The molecule has 0 saturated carbocycles. The number of alkyl halides is 3. The van der Waals surface area contributed by atoms with E-state index in [0.29, 0.717) is 0 Å². The van der Waals surface area contributed by atoms with Gasteiger partial charge in [0.2, 0.25) is 0 Å². The van der Waals surface area contributed by atoms with Crippen LogP contribution in [-0.2, 0) is 15.5 Å². The first-order valence-corrected chi connectivity index (χ1v) is 2.76. The second-order valence-corrected chi connectivity index (χ2v) is 1.76. The molecular weight excluding hydrogens is 161 g/mol. The Hall–Kier alpha value is -0.140. The summed E-state index contributed by atoms with van der Waals surface area (Å²) in [4.78, 5) is 0. The van der Waals surface area contributed by atoms with Crippen molar-refractivity contribution in [3.05, 3.63) is 0 Å². The third kappa shape index (κ3) is 7.86. The molecular formula is C2H3F3O3S. The van der Waals surface area contributed by atoms with Crippen molar-refractivity contribution in [2.45, 2.75) is 6.18 Å². The number of hydrogen-bond donors (Lipinski definition) is 1. The summed E-state index contributed by atoms with van der Waals surface area (Å²) in [7, 11) is 0. The molecule has 1 N–H and O–H groups in total. The molecule has 0 aliphatic rings. The molecule has 0 aliphatic heterocycles. The zero-order valence-corrected chi connectivity index (χ0v) is 4.83. The van der Waals surface area contributed by atoms with Gasteiger partial charge >= 0.3 is 17.5 Å². The van der Waals surface area contributed by atoms with Crippen LogP contribution in [0.2, 0.25) is 0 Å². The molecule has 0 heterocycles. The first kappa shape index (κ1) is 8.86. The lowest BCUT2D eigenvalue weighted by Gasteiger charge is -2.01. The average Bonchev–Trinajstić information content (AvgIpc) is 1.59. The Labute approximate surface area is 51.3 Å². The normalized spacial score (nSPS) is 15.6. The molecule has 0 aromatic rings. The van der Waals surface area contributed by atoms with E-state index >= 15 is 0 Å². The molecule has 3 nitrogen and oxygen atoms in total. The summed E-state index contributed by atoms with van der Waals surface area (Å²) in [6, 6.07) is 0. The molecule has 0 saturated heterocycles. The maximum absolute atomic E-state index is 11.0. The Kier molecular flexibility index (Phi) is 3.09. The van der Waals surface area contributed by atoms with Gasteiger partial charge in [-0.3, -0.25) is 8.74 Å².